The Morgan fingerprint density at radius 3 is 2.78 bits per heavy atom. The Bertz CT molecular complexity index is 1340. The lowest BCUT2D eigenvalue weighted by molar-refractivity contribution is -0.218. The number of halogens is 1. The number of thioether (sulfide) groups is 1. The van der Waals surface area contributed by atoms with Crippen LogP contribution in [0.5, 0.6) is 0 Å². The van der Waals surface area contributed by atoms with Crippen LogP contribution in [0.3, 0.4) is 0 Å². The molecule has 0 radical (unpaired) electrons. The van der Waals surface area contributed by atoms with E-state index in [1.165, 1.54) is 35.3 Å². The summed E-state index contributed by atoms with van der Waals surface area (Å²) in [6.45, 7) is 5.54. The number of aliphatic hydroxyl groups excluding tert-OH is 1. The highest BCUT2D eigenvalue weighted by Gasteiger charge is 2.75. The van der Waals surface area contributed by atoms with Crippen molar-refractivity contribution >= 4 is 44.9 Å². The summed E-state index contributed by atoms with van der Waals surface area (Å²) >= 11 is 2.85. The molecule has 2 N–H and O–H groups in total. The van der Waals surface area contributed by atoms with Crippen molar-refractivity contribution in [3.05, 3.63) is 48.1 Å². The first-order valence-electron chi connectivity index (χ1n) is 13.0. The molecule has 0 bridgehead atoms. The van der Waals surface area contributed by atoms with E-state index in [1.807, 2.05) is 38.1 Å². The van der Waals surface area contributed by atoms with Crippen molar-refractivity contribution in [2.45, 2.75) is 68.2 Å². The molecule has 2 aromatic rings. The minimum atomic E-state index is -1.97. The van der Waals surface area contributed by atoms with Gasteiger partial charge in [0.15, 0.2) is 21.6 Å². The monoisotopic (exact) mass is 541 g/mol. The molecule has 37 heavy (non-hydrogen) atoms. The standard InChI is InChI=1S/C29H32FNO4S2/c1-16-12-20-19-9-8-17-13-18(32)10-11-26(17,2)28(19,30)23(33)14-27(20,3)29(16,35)24(34)15-36-25-31-21-6-4-5-7-22(21)37-25/h4-7,10-11,13,16,19-20,23,33,35H,8-9,12,14-15H2,1-3H3/t16-,19?,20?,23+,26?,27?,28+,29+/m1/s1. The van der Waals surface area contributed by atoms with Gasteiger partial charge in [0.05, 0.1) is 22.1 Å². The Kier molecular flexibility index (Phi) is 5.71. The number of para-hydroxylation sites is 1. The maximum absolute atomic E-state index is 17.3. The fraction of sp³-hybridized carbons (Fsp3) is 0.552. The predicted octanol–water partition coefficient (Wildman–Crippen LogP) is 5.31. The second kappa shape index (κ2) is 8.31. The first kappa shape index (κ1) is 25.4. The van der Waals surface area contributed by atoms with Crippen LogP contribution in [0.4, 0.5) is 4.39 Å². The minimum absolute atomic E-state index is 0.00624. The van der Waals surface area contributed by atoms with Crippen molar-refractivity contribution in [1.29, 1.82) is 0 Å². The number of aromatic nitrogens is 1. The number of ketones is 2. The lowest BCUT2D eigenvalue weighted by atomic mass is 9.44. The van der Waals surface area contributed by atoms with Gasteiger partial charge in [0.25, 0.3) is 0 Å². The normalized spacial score (nSPS) is 42.8. The summed E-state index contributed by atoms with van der Waals surface area (Å²) in [6.07, 6.45) is 4.75. The van der Waals surface area contributed by atoms with E-state index in [-0.39, 0.29) is 35.6 Å². The fourth-order valence-electron chi connectivity index (χ4n) is 8.29. The van der Waals surface area contributed by atoms with E-state index >= 15 is 4.39 Å². The number of hydrogen-bond acceptors (Lipinski definition) is 7. The molecule has 1 aromatic carbocycles. The molecule has 4 unspecified atom stereocenters. The molecule has 5 nitrogen and oxygen atoms in total. The second-order valence-corrected chi connectivity index (χ2v) is 14.1. The molecule has 8 heteroatoms. The third-order valence-electron chi connectivity index (χ3n) is 10.2. The summed E-state index contributed by atoms with van der Waals surface area (Å²) in [7, 11) is 0. The lowest BCUT2D eigenvalue weighted by Gasteiger charge is -2.62. The molecule has 3 saturated carbocycles. The van der Waals surface area contributed by atoms with Gasteiger partial charge in [0.1, 0.15) is 5.60 Å². The van der Waals surface area contributed by atoms with E-state index in [2.05, 4.69) is 4.98 Å². The van der Waals surface area contributed by atoms with Crippen molar-refractivity contribution in [3.8, 4) is 0 Å². The lowest BCUT2D eigenvalue weighted by Crippen LogP contribution is -2.69. The zero-order valence-corrected chi connectivity index (χ0v) is 22.9. The van der Waals surface area contributed by atoms with Crippen LogP contribution in [-0.4, -0.2) is 49.9 Å². The quantitative estimate of drug-likeness (QED) is 0.511. The summed E-state index contributed by atoms with van der Waals surface area (Å²) in [5.41, 5.74) is -4.06. The van der Waals surface area contributed by atoms with Gasteiger partial charge < -0.3 is 10.2 Å². The van der Waals surface area contributed by atoms with Gasteiger partial charge in [-0.1, -0.05) is 49.4 Å². The van der Waals surface area contributed by atoms with E-state index < -0.39 is 34.1 Å². The molecule has 0 aliphatic heterocycles. The molecule has 196 valence electrons. The van der Waals surface area contributed by atoms with Crippen LogP contribution >= 0.6 is 23.1 Å². The van der Waals surface area contributed by atoms with E-state index in [1.54, 1.807) is 13.0 Å². The van der Waals surface area contributed by atoms with Crippen molar-refractivity contribution in [1.82, 2.24) is 4.98 Å². The Labute approximate surface area is 224 Å². The van der Waals surface area contributed by atoms with Crippen molar-refractivity contribution < 1.29 is 24.2 Å². The number of Topliss-reactive ketones (excluding diaryl/α,β-unsaturated/α-hetero) is 1. The number of rotatable bonds is 4. The van der Waals surface area contributed by atoms with Crippen LogP contribution < -0.4 is 0 Å². The van der Waals surface area contributed by atoms with E-state index in [4.69, 9.17) is 0 Å². The number of carbonyl (C=O) groups is 2. The Hall–Kier alpha value is -1.87. The van der Waals surface area contributed by atoms with Gasteiger partial charge in [0, 0.05) is 16.7 Å². The molecule has 3 fully saturated rings. The highest BCUT2D eigenvalue weighted by Crippen LogP contribution is 2.70. The number of carbonyl (C=O) groups excluding carboxylic acids is 2. The van der Waals surface area contributed by atoms with Gasteiger partial charge in [-0.3, -0.25) is 9.59 Å². The Morgan fingerprint density at radius 2 is 2.03 bits per heavy atom. The van der Waals surface area contributed by atoms with Crippen molar-refractivity contribution in [2.75, 3.05) is 5.75 Å². The van der Waals surface area contributed by atoms with Crippen LogP contribution in [-0.2, 0) is 9.59 Å². The molecule has 1 heterocycles. The first-order chi connectivity index (χ1) is 17.4. The maximum Gasteiger partial charge on any atom is 0.178 e. The topological polar surface area (TPSA) is 87.5 Å². The maximum atomic E-state index is 17.3. The van der Waals surface area contributed by atoms with E-state index in [0.717, 1.165) is 20.1 Å². The highest BCUT2D eigenvalue weighted by atomic mass is 32.2. The molecule has 0 amide bonds. The number of nitrogens with zero attached hydrogens (tertiary/aromatic N) is 1. The first-order valence-corrected chi connectivity index (χ1v) is 14.8. The third kappa shape index (κ3) is 3.25. The molecule has 1 aromatic heterocycles. The molecular formula is C29H32FNO4S2. The van der Waals surface area contributed by atoms with E-state index in [0.29, 0.717) is 19.3 Å². The minimum Gasteiger partial charge on any atom is -0.390 e. The van der Waals surface area contributed by atoms with Crippen LogP contribution in [0.25, 0.3) is 10.2 Å². The summed E-state index contributed by atoms with van der Waals surface area (Å²) < 4.78 is 19.1. The van der Waals surface area contributed by atoms with Crippen molar-refractivity contribution in [2.24, 2.45) is 28.6 Å². The molecular weight excluding hydrogens is 509 g/mol. The SMILES string of the molecule is C[C@@H]1CC2C3CCC4=CC(=O)C=CC4(C)[C@@]3(F)[C@@H](O)CC2(C)[C@@]1(O)C(=O)CSc1nc2ccccc2s1. The third-order valence-corrected chi connectivity index (χ3v) is 12.4. The Balaban J connectivity index is 1.31. The largest absolute Gasteiger partial charge is 0.390 e. The van der Waals surface area contributed by atoms with Crippen LogP contribution in [0.2, 0.25) is 0 Å². The second-order valence-electron chi connectivity index (χ2n) is 11.8. The fourth-order valence-corrected chi connectivity index (χ4v) is 10.3. The number of thiazole rings is 1. The average molecular weight is 542 g/mol. The number of alkyl halides is 1. The van der Waals surface area contributed by atoms with Crippen LogP contribution in [0.15, 0.2) is 52.4 Å². The summed E-state index contributed by atoms with van der Waals surface area (Å²) in [6, 6.07) is 7.81. The molecule has 0 saturated heterocycles. The molecule has 4 aliphatic carbocycles. The number of allylic oxidation sites excluding steroid dienone is 4. The average Bonchev–Trinajstić information content (AvgIpc) is 3.37. The van der Waals surface area contributed by atoms with Gasteiger partial charge in [-0.2, -0.15) is 0 Å². The molecule has 6 rings (SSSR count). The van der Waals surface area contributed by atoms with Crippen LogP contribution in [0.1, 0.15) is 46.5 Å². The Morgan fingerprint density at radius 1 is 1.27 bits per heavy atom. The van der Waals surface area contributed by atoms with Crippen molar-refractivity contribution in [3.63, 3.8) is 0 Å². The number of aliphatic hydroxyl groups is 2. The number of benzene rings is 1. The van der Waals surface area contributed by atoms with Gasteiger partial charge >= 0.3 is 0 Å². The number of hydrogen-bond donors (Lipinski definition) is 2. The summed E-state index contributed by atoms with van der Waals surface area (Å²) in [4.78, 5) is 30.4. The predicted molar refractivity (Wildman–Crippen MR) is 143 cm³/mol. The zero-order chi connectivity index (χ0) is 26.4. The highest BCUT2D eigenvalue weighted by molar-refractivity contribution is 8.01. The number of fused-ring (bicyclic) bond motifs is 6. The summed E-state index contributed by atoms with van der Waals surface area (Å²) in [5.74, 6) is -1.51. The van der Waals surface area contributed by atoms with Gasteiger partial charge in [-0.05, 0) is 68.7 Å². The zero-order valence-electron chi connectivity index (χ0n) is 21.2. The smallest absolute Gasteiger partial charge is 0.178 e. The van der Waals surface area contributed by atoms with E-state index in [9.17, 15) is 19.8 Å². The van der Waals surface area contributed by atoms with Gasteiger partial charge in [0.2, 0.25) is 0 Å². The molecule has 4 aliphatic rings. The van der Waals surface area contributed by atoms with Crippen LogP contribution in [0, 0.1) is 28.6 Å². The molecule has 0 spiro atoms. The van der Waals surface area contributed by atoms with Gasteiger partial charge in [-0.25, -0.2) is 9.37 Å². The van der Waals surface area contributed by atoms with Gasteiger partial charge in [-0.15, -0.1) is 11.3 Å². The summed E-state index contributed by atoms with van der Waals surface area (Å²) in [5, 5.41) is 23.6. The molecule has 8 atom stereocenters.